The van der Waals surface area contributed by atoms with Gasteiger partial charge in [0.1, 0.15) is 0 Å². The van der Waals surface area contributed by atoms with Gasteiger partial charge >= 0.3 is 0 Å². The Hall–Kier alpha value is -1.64. The molecule has 0 N–H and O–H groups in total. The van der Waals surface area contributed by atoms with Crippen molar-refractivity contribution in [3.63, 3.8) is 0 Å². The summed E-state index contributed by atoms with van der Waals surface area (Å²) in [7, 11) is 1.66. The Balaban J connectivity index is 2.34. The number of hydrogen-bond acceptors (Lipinski definition) is 2. The largest absolute Gasteiger partial charge is 0.380 e. The van der Waals surface area contributed by atoms with Crippen LogP contribution in [0.1, 0.15) is 42.1 Å². The van der Waals surface area contributed by atoms with Crippen molar-refractivity contribution in [1.29, 1.82) is 0 Å². The van der Waals surface area contributed by atoms with E-state index < -0.39 is 0 Å². The summed E-state index contributed by atoms with van der Waals surface area (Å²) < 4.78 is 5.29. The second kappa shape index (κ2) is 8.11. The van der Waals surface area contributed by atoms with Gasteiger partial charge in [0.15, 0.2) is 5.78 Å². The number of hydrogen-bond donors (Lipinski definition) is 0. The first-order valence-corrected chi connectivity index (χ1v) is 7.94. The highest BCUT2D eigenvalue weighted by Crippen LogP contribution is 2.27. The monoisotopic (exact) mass is 316 g/mol. The molecule has 0 bridgehead atoms. The van der Waals surface area contributed by atoms with Gasteiger partial charge in [0.05, 0.1) is 6.61 Å². The SMILES string of the molecule is CCCCC(=O)c1ccc(-c2ccc(Cl)cc2)c(COC)c1. The summed E-state index contributed by atoms with van der Waals surface area (Å²) in [4.78, 5) is 12.2. The van der Waals surface area contributed by atoms with Gasteiger partial charge in [-0.3, -0.25) is 4.79 Å². The lowest BCUT2D eigenvalue weighted by Gasteiger charge is -2.11. The molecule has 22 heavy (non-hydrogen) atoms. The molecular formula is C19H21ClO2. The zero-order valence-corrected chi connectivity index (χ0v) is 13.8. The van der Waals surface area contributed by atoms with E-state index in [0.717, 1.165) is 35.1 Å². The number of rotatable bonds is 7. The Labute approximate surface area is 137 Å². The lowest BCUT2D eigenvalue weighted by molar-refractivity contribution is 0.0979. The van der Waals surface area contributed by atoms with Gasteiger partial charge in [-0.2, -0.15) is 0 Å². The maximum atomic E-state index is 12.2. The molecule has 2 nitrogen and oxygen atoms in total. The third kappa shape index (κ3) is 4.19. The molecule has 0 amide bonds. The highest BCUT2D eigenvalue weighted by atomic mass is 35.5. The first-order chi connectivity index (χ1) is 10.7. The van der Waals surface area contributed by atoms with Crippen molar-refractivity contribution in [3.8, 4) is 11.1 Å². The summed E-state index contributed by atoms with van der Waals surface area (Å²) >= 11 is 5.95. The molecule has 0 spiro atoms. The quantitative estimate of drug-likeness (QED) is 0.628. The number of halogens is 1. The lowest BCUT2D eigenvalue weighted by atomic mass is 9.95. The molecule has 0 atom stereocenters. The molecule has 0 saturated heterocycles. The van der Waals surface area contributed by atoms with Crippen LogP contribution in [0.2, 0.25) is 5.02 Å². The van der Waals surface area contributed by atoms with Gasteiger partial charge in [-0.1, -0.05) is 49.2 Å². The van der Waals surface area contributed by atoms with Crippen LogP contribution in [0.3, 0.4) is 0 Å². The standard InChI is InChI=1S/C19H21ClO2/c1-3-4-5-19(21)15-8-11-18(16(12-15)13-22-2)14-6-9-17(20)10-7-14/h6-12H,3-5,13H2,1-2H3. The fourth-order valence-corrected chi connectivity index (χ4v) is 2.56. The Kier molecular flexibility index (Phi) is 6.17. The van der Waals surface area contributed by atoms with E-state index in [0.29, 0.717) is 18.1 Å². The van der Waals surface area contributed by atoms with Crippen molar-refractivity contribution in [2.75, 3.05) is 7.11 Å². The Morgan fingerprint density at radius 1 is 1.14 bits per heavy atom. The Morgan fingerprint density at radius 2 is 1.86 bits per heavy atom. The van der Waals surface area contributed by atoms with Gasteiger partial charge in [0.2, 0.25) is 0 Å². The molecule has 3 heteroatoms. The molecule has 0 heterocycles. The summed E-state index contributed by atoms with van der Waals surface area (Å²) in [5, 5.41) is 0.711. The lowest BCUT2D eigenvalue weighted by Crippen LogP contribution is -2.02. The molecule has 116 valence electrons. The minimum atomic E-state index is 0.196. The summed E-state index contributed by atoms with van der Waals surface area (Å²) in [5.41, 5.74) is 3.93. The smallest absolute Gasteiger partial charge is 0.162 e. The van der Waals surface area contributed by atoms with E-state index in [1.54, 1.807) is 7.11 Å². The molecule has 0 unspecified atom stereocenters. The predicted octanol–water partition coefficient (Wildman–Crippen LogP) is 5.53. The number of methoxy groups -OCH3 is 1. The minimum absolute atomic E-state index is 0.196. The van der Waals surface area contributed by atoms with E-state index in [1.807, 2.05) is 42.5 Å². The molecule has 2 aromatic carbocycles. The van der Waals surface area contributed by atoms with Crippen LogP contribution in [-0.4, -0.2) is 12.9 Å². The first kappa shape index (κ1) is 16.7. The van der Waals surface area contributed by atoms with Crippen molar-refractivity contribution in [2.45, 2.75) is 32.8 Å². The van der Waals surface area contributed by atoms with Gasteiger partial charge in [-0.15, -0.1) is 0 Å². The van der Waals surface area contributed by atoms with Crippen LogP contribution in [-0.2, 0) is 11.3 Å². The van der Waals surface area contributed by atoms with Crippen LogP contribution in [0.25, 0.3) is 11.1 Å². The van der Waals surface area contributed by atoms with Gasteiger partial charge in [0.25, 0.3) is 0 Å². The molecule has 0 aromatic heterocycles. The van der Waals surface area contributed by atoms with Crippen molar-refractivity contribution >= 4 is 17.4 Å². The molecular weight excluding hydrogens is 296 g/mol. The molecule has 0 radical (unpaired) electrons. The van der Waals surface area contributed by atoms with E-state index in [2.05, 4.69) is 6.92 Å². The minimum Gasteiger partial charge on any atom is -0.380 e. The Morgan fingerprint density at radius 3 is 2.50 bits per heavy atom. The third-order valence-corrected chi connectivity index (χ3v) is 3.89. The number of ketones is 1. The van der Waals surface area contributed by atoms with Crippen LogP contribution in [0, 0.1) is 0 Å². The summed E-state index contributed by atoms with van der Waals surface area (Å²) in [6, 6.07) is 13.6. The van der Waals surface area contributed by atoms with Crippen LogP contribution in [0.15, 0.2) is 42.5 Å². The molecule has 0 aliphatic rings. The number of carbonyl (C=O) groups is 1. The second-order valence-electron chi connectivity index (χ2n) is 5.34. The van der Waals surface area contributed by atoms with E-state index in [9.17, 15) is 4.79 Å². The normalized spacial score (nSPS) is 10.7. The highest BCUT2D eigenvalue weighted by Gasteiger charge is 2.11. The van der Waals surface area contributed by atoms with Gasteiger partial charge in [0, 0.05) is 24.1 Å². The molecule has 2 aromatic rings. The average molecular weight is 317 g/mol. The maximum absolute atomic E-state index is 12.2. The van der Waals surface area contributed by atoms with E-state index >= 15 is 0 Å². The number of unbranched alkanes of at least 4 members (excludes halogenated alkanes) is 1. The van der Waals surface area contributed by atoms with Gasteiger partial charge in [-0.25, -0.2) is 0 Å². The van der Waals surface area contributed by atoms with Crippen molar-refractivity contribution in [1.82, 2.24) is 0 Å². The van der Waals surface area contributed by atoms with Crippen LogP contribution < -0.4 is 0 Å². The fraction of sp³-hybridized carbons (Fsp3) is 0.316. The zero-order valence-electron chi connectivity index (χ0n) is 13.1. The Bertz CT molecular complexity index is 632. The summed E-state index contributed by atoms with van der Waals surface area (Å²) in [5.74, 6) is 0.196. The molecule has 0 fully saturated rings. The van der Waals surface area contributed by atoms with Crippen LogP contribution in [0.4, 0.5) is 0 Å². The summed E-state index contributed by atoms with van der Waals surface area (Å²) in [6.07, 6.45) is 2.56. The fourth-order valence-electron chi connectivity index (χ4n) is 2.43. The first-order valence-electron chi connectivity index (χ1n) is 7.56. The maximum Gasteiger partial charge on any atom is 0.162 e. The molecule has 0 aliphatic carbocycles. The van der Waals surface area contributed by atoms with Gasteiger partial charge < -0.3 is 4.74 Å². The van der Waals surface area contributed by atoms with Crippen molar-refractivity contribution in [3.05, 3.63) is 58.6 Å². The number of ether oxygens (including phenoxy) is 1. The number of benzene rings is 2. The van der Waals surface area contributed by atoms with Crippen LogP contribution >= 0.6 is 11.6 Å². The van der Waals surface area contributed by atoms with Crippen LogP contribution in [0.5, 0.6) is 0 Å². The number of Topliss-reactive ketones (excluding diaryl/α,β-unsaturated/α-hetero) is 1. The molecule has 0 saturated carbocycles. The topological polar surface area (TPSA) is 26.3 Å². The number of carbonyl (C=O) groups excluding carboxylic acids is 1. The molecule has 2 rings (SSSR count). The zero-order chi connectivity index (χ0) is 15.9. The summed E-state index contributed by atoms with van der Waals surface area (Å²) in [6.45, 7) is 2.57. The van der Waals surface area contributed by atoms with Crippen molar-refractivity contribution in [2.24, 2.45) is 0 Å². The highest BCUT2D eigenvalue weighted by molar-refractivity contribution is 6.30. The third-order valence-electron chi connectivity index (χ3n) is 3.64. The average Bonchev–Trinajstić information content (AvgIpc) is 2.54. The predicted molar refractivity (Wildman–Crippen MR) is 91.5 cm³/mol. The van der Waals surface area contributed by atoms with Gasteiger partial charge in [-0.05, 0) is 41.3 Å². The van der Waals surface area contributed by atoms with Crippen molar-refractivity contribution < 1.29 is 9.53 Å². The van der Waals surface area contributed by atoms with E-state index in [1.165, 1.54) is 0 Å². The second-order valence-corrected chi connectivity index (χ2v) is 5.77. The van der Waals surface area contributed by atoms with E-state index in [-0.39, 0.29) is 5.78 Å². The molecule has 0 aliphatic heterocycles. The van der Waals surface area contributed by atoms with E-state index in [4.69, 9.17) is 16.3 Å².